The van der Waals surface area contributed by atoms with Crippen molar-refractivity contribution in [2.75, 3.05) is 5.32 Å². The van der Waals surface area contributed by atoms with Crippen molar-refractivity contribution >= 4 is 34.0 Å². The van der Waals surface area contributed by atoms with Crippen LogP contribution in [0.3, 0.4) is 0 Å². The maximum absolute atomic E-state index is 12.2. The normalized spacial score (nSPS) is 11.9. The molecule has 1 atom stereocenters. The minimum Gasteiger partial charge on any atom is -0.481 e. The first-order valence-corrected chi connectivity index (χ1v) is 7.71. The fourth-order valence-electron chi connectivity index (χ4n) is 2.31. The van der Waals surface area contributed by atoms with Crippen molar-refractivity contribution in [3.63, 3.8) is 0 Å². The first-order chi connectivity index (χ1) is 11.1. The fraction of sp³-hybridized carbons (Fsp3) is 0.105. The summed E-state index contributed by atoms with van der Waals surface area (Å²) in [7, 11) is 0. The predicted molar refractivity (Wildman–Crippen MR) is 94.1 cm³/mol. The number of ether oxygens (including phenoxy) is 1. The van der Waals surface area contributed by atoms with Gasteiger partial charge in [-0.2, -0.15) is 0 Å². The number of nitrogens with one attached hydrogen (secondary N) is 1. The average Bonchev–Trinajstić information content (AvgIpc) is 2.54. The molecule has 1 N–H and O–H groups in total. The molecule has 0 aromatic heterocycles. The van der Waals surface area contributed by atoms with Crippen LogP contribution in [0.25, 0.3) is 10.8 Å². The number of anilines is 1. The van der Waals surface area contributed by atoms with Crippen molar-refractivity contribution in [3.05, 3.63) is 71.8 Å². The lowest BCUT2D eigenvalue weighted by Gasteiger charge is -2.15. The second kappa shape index (κ2) is 6.71. The largest absolute Gasteiger partial charge is 0.481 e. The summed E-state index contributed by atoms with van der Waals surface area (Å²) >= 11 is 5.91. The van der Waals surface area contributed by atoms with Crippen LogP contribution in [0.1, 0.15) is 6.92 Å². The van der Waals surface area contributed by atoms with E-state index in [0.717, 1.165) is 10.8 Å². The van der Waals surface area contributed by atoms with Gasteiger partial charge < -0.3 is 10.1 Å². The molecule has 0 aliphatic carbocycles. The van der Waals surface area contributed by atoms with Gasteiger partial charge in [-0.1, -0.05) is 48.0 Å². The maximum Gasteiger partial charge on any atom is 0.265 e. The highest BCUT2D eigenvalue weighted by molar-refractivity contribution is 6.30. The number of rotatable bonds is 4. The van der Waals surface area contributed by atoms with E-state index in [2.05, 4.69) is 5.32 Å². The summed E-state index contributed by atoms with van der Waals surface area (Å²) in [4.78, 5) is 12.2. The van der Waals surface area contributed by atoms with Crippen molar-refractivity contribution < 1.29 is 9.53 Å². The summed E-state index contributed by atoms with van der Waals surface area (Å²) in [6, 6.07) is 20.8. The number of fused-ring (bicyclic) bond motifs is 1. The van der Waals surface area contributed by atoms with Crippen molar-refractivity contribution in [3.8, 4) is 5.75 Å². The van der Waals surface area contributed by atoms with Crippen molar-refractivity contribution in [1.82, 2.24) is 0 Å². The SMILES string of the molecule is C[C@@H](Oc1ccc2ccccc2c1)C(=O)Nc1cccc(Cl)c1. The lowest BCUT2D eigenvalue weighted by atomic mass is 10.1. The number of halogens is 1. The molecule has 0 saturated heterocycles. The lowest BCUT2D eigenvalue weighted by molar-refractivity contribution is -0.122. The van der Waals surface area contributed by atoms with Gasteiger partial charge in [-0.25, -0.2) is 0 Å². The molecule has 3 aromatic carbocycles. The average molecular weight is 326 g/mol. The molecular weight excluding hydrogens is 310 g/mol. The van der Waals surface area contributed by atoms with Gasteiger partial charge in [-0.15, -0.1) is 0 Å². The van der Waals surface area contributed by atoms with Crippen molar-refractivity contribution in [1.29, 1.82) is 0 Å². The highest BCUT2D eigenvalue weighted by atomic mass is 35.5. The van der Waals surface area contributed by atoms with Crippen molar-refractivity contribution in [2.24, 2.45) is 0 Å². The van der Waals surface area contributed by atoms with E-state index in [1.54, 1.807) is 31.2 Å². The lowest BCUT2D eigenvalue weighted by Crippen LogP contribution is -2.30. The zero-order valence-electron chi connectivity index (χ0n) is 12.6. The Labute approximate surface area is 139 Å². The number of carbonyl (C=O) groups excluding carboxylic acids is 1. The number of hydrogen-bond donors (Lipinski definition) is 1. The summed E-state index contributed by atoms with van der Waals surface area (Å²) in [6.07, 6.45) is -0.616. The molecule has 4 heteroatoms. The Balaban J connectivity index is 1.69. The standard InChI is InChI=1S/C19H16ClNO2/c1-13(19(22)21-17-8-4-7-16(20)12-17)23-18-10-9-14-5-2-3-6-15(14)11-18/h2-13H,1H3,(H,21,22)/t13-/m1/s1. The molecule has 0 fully saturated rings. The molecule has 3 rings (SSSR count). The molecule has 0 spiro atoms. The molecule has 0 aliphatic rings. The number of amides is 1. The minimum absolute atomic E-state index is 0.222. The van der Waals surface area contributed by atoms with E-state index in [1.165, 1.54) is 0 Å². The third-order valence-corrected chi connectivity index (χ3v) is 3.73. The molecule has 3 aromatic rings. The Morgan fingerprint density at radius 3 is 2.57 bits per heavy atom. The molecule has 116 valence electrons. The van der Waals surface area contributed by atoms with Gasteiger partial charge in [0, 0.05) is 10.7 Å². The highest BCUT2D eigenvalue weighted by Gasteiger charge is 2.15. The van der Waals surface area contributed by atoms with Crippen LogP contribution in [0.15, 0.2) is 66.7 Å². The van der Waals surface area contributed by atoms with E-state index in [0.29, 0.717) is 16.5 Å². The maximum atomic E-state index is 12.2. The second-order valence-corrected chi connectivity index (χ2v) is 5.71. The van der Waals surface area contributed by atoms with E-state index in [9.17, 15) is 4.79 Å². The first-order valence-electron chi connectivity index (χ1n) is 7.34. The Morgan fingerprint density at radius 1 is 1.00 bits per heavy atom. The van der Waals surface area contributed by atoms with Crippen LogP contribution in [-0.4, -0.2) is 12.0 Å². The van der Waals surface area contributed by atoms with E-state index < -0.39 is 6.10 Å². The monoisotopic (exact) mass is 325 g/mol. The molecule has 0 heterocycles. The molecule has 0 bridgehead atoms. The van der Waals surface area contributed by atoms with Crippen LogP contribution in [0.4, 0.5) is 5.69 Å². The summed E-state index contributed by atoms with van der Waals surface area (Å²) in [5.41, 5.74) is 0.650. The Bertz CT molecular complexity index is 847. The van der Waals surface area contributed by atoms with Gasteiger partial charge in [0.05, 0.1) is 0 Å². The summed E-state index contributed by atoms with van der Waals surface area (Å²) in [5.74, 6) is 0.442. The second-order valence-electron chi connectivity index (χ2n) is 5.27. The van der Waals surface area contributed by atoms with Gasteiger partial charge >= 0.3 is 0 Å². The molecule has 0 aliphatic heterocycles. The van der Waals surface area contributed by atoms with Gasteiger partial charge in [0.15, 0.2) is 6.10 Å². The van der Waals surface area contributed by atoms with E-state index in [-0.39, 0.29) is 5.91 Å². The van der Waals surface area contributed by atoms with Crippen LogP contribution in [0.2, 0.25) is 5.02 Å². The van der Waals surface area contributed by atoms with E-state index in [1.807, 2.05) is 42.5 Å². The van der Waals surface area contributed by atoms with Crippen LogP contribution >= 0.6 is 11.6 Å². The third kappa shape index (κ3) is 3.82. The molecular formula is C19H16ClNO2. The zero-order chi connectivity index (χ0) is 16.2. The summed E-state index contributed by atoms with van der Waals surface area (Å²) < 4.78 is 5.74. The predicted octanol–water partition coefficient (Wildman–Crippen LogP) is 4.90. The quantitative estimate of drug-likeness (QED) is 0.741. The van der Waals surface area contributed by atoms with Crippen LogP contribution in [0, 0.1) is 0 Å². The number of benzene rings is 3. The summed E-state index contributed by atoms with van der Waals surface area (Å²) in [5, 5.41) is 5.58. The molecule has 1 amide bonds. The Hall–Kier alpha value is -2.52. The molecule has 0 saturated carbocycles. The minimum atomic E-state index is -0.616. The number of carbonyl (C=O) groups is 1. The zero-order valence-corrected chi connectivity index (χ0v) is 13.4. The van der Waals surface area contributed by atoms with Gasteiger partial charge in [-0.05, 0) is 48.0 Å². The van der Waals surface area contributed by atoms with Gasteiger partial charge in [0.1, 0.15) is 5.75 Å². The smallest absolute Gasteiger partial charge is 0.265 e. The fourth-order valence-corrected chi connectivity index (χ4v) is 2.50. The van der Waals surface area contributed by atoms with Gasteiger partial charge in [-0.3, -0.25) is 4.79 Å². The summed E-state index contributed by atoms with van der Waals surface area (Å²) in [6.45, 7) is 1.72. The van der Waals surface area contributed by atoms with Crippen LogP contribution in [0.5, 0.6) is 5.75 Å². The molecule has 0 radical (unpaired) electrons. The number of hydrogen-bond acceptors (Lipinski definition) is 2. The van der Waals surface area contributed by atoms with Crippen LogP contribution < -0.4 is 10.1 Å². The van der Waals surface area contributed by atoms with E-state index in [4.69, 9.17) is 16.3 Å². The van der Waals surface area contributed by atoms with E-state index >= 15 is 0 Å². The Morgan fingerprint density at radius 2 is 1.78 bits per heavy atom. The Kier molecular flexibility index (Phi) is 4.49. The van der Waals surface area contributed by atoms with Crippen molar-refractivity contribution in [2.45, 2.75) is 13.0 Å². The molecule has 23 heavy (non-hydrogen) atoms. The molecule has 3 nitrogen and oxygen atoms in total. The molecule has 0 unspecified atom stereocenters. The van der Waals surface area contributed by atoms with Gasteiger partial charge in [0.2, 0.25) is 0 Å². The first kappa shape index (κ1) is 15.4. The third-order valence-electron chi connectivity index (χ3n) is 3.50. The topological polar surface area (TPSA) is 38.3 Å². The van der Waals surface area contributed by atoms with Crippen LogP contribution in [-0.2, 0) is 4.79 Å². The van der Waals surface area contributed by atoms with Gasteiger partial charge in [0.25, 0.3) is 5.91 Å². The highest BCUT2D eigenvalue weighted by Crippen LogP contribution is 2.22.